The normalized spacial score (nSPS) is 33.4. The van der Waals surface area contributed by atoms with E-state index in [9.17, 15) is 19.5 Å². The number of benzene rings is 1. The van der Waals surface area contributed by atoms with Crippen LogP contribution in [0.25, 0.3) is 0 Å². The highest BCUT2D eigenvalue weighted by Gasteiger charge is 2.61. The average Bonchev–Trinajstić information content (AvgIpc) is 2.88. The minimum Gasteiger partial charge on any atom is -0.480 e. The molecular formula is C20H17Cl4NO4. The lowest BCUT2D eigenvalue weighted by molar-refractivity contribution is -0.156. The highest BCUT2D eigenvalue weighted by molar-refractivity contribution is 6.55. The van der Waals surface area contributed by atoms with Crippen molar-refractivity contribution in [3.63, 3.8) is 0 Å². The topological polar surface area (TPSA) is 74.7 Å². The number of fused-ring (bicyclic) bond motifs is 1. The second-order valence-electron chi connectivity index (χ2n) is 9.01. The summed E-state index contributed by atoms with van der Waals surface area (Å²) in [5.41, 5.74) is -0.931. The van der Waals surface area contributed by atoms with Gasteiger partial charge in [0.15, 0.2) is 0 Å². The fourth-order valence-electron chi connectivity index (χ4n) is 6.76. The number of carboxylic acids is 1. The minimum absolute atomic E-state index is 0.123. The van der Waals surface area contributed by atoms with Crippen molar-refractivity contribution in [2.45, 2.75) is 44.6 Å². The zero-order chi connectivity index (χ0) is 20.8. The quantitative estimate of drug-likeness (QED) is 0.351. The number of carbonyl (C=O) groups excluding carboxylic acids is 2. The molecule has 29 heavy (non-hydrogen) atoms. The molecule has 0 saturated heterocycles. The van der Waals surface area contributed by atoms with Gasteiger partial charge < -0.3 is 5.11 Å². The first-order valence-corrected chi connectivity index (χ1v) is 11.1. The van der Waals surface area contributed by atoms with Gasteiger partial charge in [0.05, 0.1) is 31.2 Å². The zero-order valence-corrected chi connectivity index (χ0v) is 18.2. The van der Waals surface area contributed by atoms with Crippen LogP contribution in [0.1, 0.15) is 59.2 Å². The second-order valence-corrected chi connectivity index (χ2v) is 10.5. The summed E-state index contributed by atoms with van der Waals surface area (Å²) in [5, 5.41) is 9.60. The number of carboxylic acid groups (broad SMARTS) is 1. The molecule has 2 amide bonds. The first-order chi connectivity index (χ1) is 13.6. The Balaban J connectivity index is 1.63. The number of hydrogen-bond donors (Lipinski definition) is 1. The molecule has 5 aliphatic rings. The van der Waals surface area contributed by atoms with E-state index in [2.05, 4.69) is 0 Å². The van der Waals surface area contributed by atoms with E-state index >= 15 is 0 Å². The van der Waals surface area contributed by atoms with Gasteiger partial charge in [-0.1, -0.05) is 46.4 Å². The van der Waals surface area contributed by atoms with E-state index in [4.69, 9.17) is 46.4 Å². The maximum Gasteiger partial charge on any atom is 0.327 e. The first-order valence-electron chi connectivity index (χ1n) is 9.61. The van der Waals surface area contributed by atoms with Gasteiger partial charge >= 0.3 is 5.97 Å². The average molecular weight is 477 g/mol. The summed E-state index contributed by atoms with van der Waals surface area (Å²) in [5.74, 6) is -1.35. The van der Waals surface area contributed by atoms with Crippen LogP contribution in [0.15, 0.2) is 0 Å². The summed E-state index contributed by atoms with van der Waals surface area (Å²) >= 11 is 24.6. The Kier molecular flexibility index (Phi) is 4.46. The van der Waals surface area contributed by atoms with Crippen molar-refractivity contribution in [2.75, 3.05) is 0 Å². The van der Waals surface area contributed by atoms with Crippen LogP contribution in [0, 0.1) is 23.2 Å². The molecule has 1 unspecified atom stereocenters. The minimum atomic E-state index is -1.26. The lowest BCUT2D eigenvalue weighted by Crippen LogP contribution is -2.61. The van der Waals surface area contributed by atoms with Crippen LogP contribution in [-0.2, 0) is 4.79 Å². The largest absolute Gasteiger partial charge is 0.480 e. The Hall–Kier alpha value is -1.01. The van der Waals surface area contributed by atoms with E-state index in [1.54, 1.807) is 0 Å². The van der Waals surface area contributed by atoms with Crippen molar-refractivity contribution in [1.29, 1.82) is 0 Å². The van der Waals surface area contributed by atoms with Crippen LogP contribution in [0.5, 0.6) is 0 Å². The molecule has 4 saturated carbocycles. The summed E-state index contributed by atoms with van der Waals surface area (Å²) in [6, 6.07) is -1.26. The lowest BCUT2D eigenvalue weighted by atomic mass is 9.47. The van der Waals surface area contributed by atoms with E-state index < -0.39 is 29.2 Å². The number of rotatable bonds is 3. The van der Waals surface area contributed by atoms with Crippen molar-refractivity contribution in [1.82, 2.24) is 4.90 Å². The summed E-state index contributed by atoms with van der Waals surface area (Å²) < 4.78 is 0. The Morgan fingerprint density at radius 1 is 0.828 bits per heavy atom. The molecule has 6 rings (SSSR count). The number of halogens is 4. The Bertz CT molecular complexity index is 909. The Labute approximate surface area is 187 Å². The molecule has 5 nitrogen and oxygen atoms in total. The van der Waals surface area contributed by atoms with E-state index in [0.29, 0.717) is 37.0 Å². The molecule has 0 aromatic heterocycles. The molecule has 0 spiro atoms. The molecular weight excluding hydrogens is 460 g/mol. The molecule has 154 valence electrons. The van der Waals surface area contributed by atoms with Crippen molar-refractivity contribution in [3.8, 4) is 0 Å². The van der Waals surface area contributed by atoms with Gasteiger partial charge in [0.2, 0.25) is 0 Å². The summed E-state index contributed by atoms with van der Waals surface area (Å²) in [7, 11) is 0. The van der Waals surface area contributed by atoms with Gasteiger partial charge in [0, 0.05) is 5.41 Å². The monoisotopic (exact) mass is 475 g/mol. The molecule has 1 aliphatic heterocycles. The SMILES string of the molecule is O=C(O)C(N1C(=O)c2c(Cl)c(Cl)c(Cl)c(Cl)c2C1=O)C12CC3CC(CC(C3)C1)C2. The van der Waals surface area contributed by atoms with Gasteiger partial charge in [-0.3, -0.25) is 14.5 Å². The standard InChI is InChI=1S/C20H17Cl4NO4/c21-12-10-11(13(22)15(24)14(12)23)18(27)25(17(10)26)16(19(28)29)20-4-7-1-8(5-20)3-9(2-7)6-20/h7-9,16H,1-6H2,(H,28,29). The molecule has 1 aromatic carbocycles. The van der Waals surface area contributed by atoms with E-state index in [1.807, 2.05) is 0 Å². The molecule has 1 N–H and O–H groups in total. The predicted molar refractivity (Wildman–Crippen MR) is 109 cm³/mol. The van der Waals surface area contributed by atoms with Crippen LogP contribution in [0.2, 0.25) is 20.1 Å². The summed E-state index contributed by atoms with van der Waals surface area (Å²) in [6.45, 7) is 0. The molecule has 4 aliphatic carbocycles. The fourth-order valence-corrected chi connectivity index (χ4v) is 7.77. The Morgan fingerprint density at radius 2 is 1.21 bits per heavy atom. The van der Waals surface area contributed by atoms with E-state index in [1.165, 1.54) is 0 Å². The number of carbonyl (C=O) groups is 3. The van der Waals surface area contributed by atoms with Crippen molar-refractivity contribution in [3.05, 3.63) is 31.2 Å². The number of imide groups is 1. The van der Waals surface area contributed by atoms with Crippen LogP contribution in [0.4, 0.5) is 0 Å². The van der Waals surface area contributed by atoms with Crippen LogP contribution in [-0.4, -0.2) is 33.8 Å². The van der Waals surface area contributed by atoms with Gasteiger partial charge in [-0.05, 0) is 56.3 Å². The maximum absolute atomic E-state index is 13.3. The smallest absolute Gasteiger partial charge is 0.327 e. The molecule has 1 aromatic rings. The van der Waals surface area contributed by atoms with Crippen LogP contribution < -0.4 is 0 Å². The number of amides is 2. The number of aliphatic carboxylic acids is 1. The molecule has 0 radical (unpaired) electrons. The number of nitrogens with zero attached hydrogens (tertiary/aromatic N) is 1. The summed E-state index contributed by atoms with van der Waals surface area (Å²) in [4.78, 5) is 39.9. The van der Waals surface area contributed by atoms with Gasteiger partial charge in [-0.2, -0.15) is 0 Å². The number of hydrogen-bond acceptors (Lipinski definition) is 3. The highest BCUT2D eigenvalue weighted by Crippen LogP contribution is 2.62. The van der Waals surface area contributed by atoms with Gasteiger partial charge in [0.25, 0.3) is 11.8 Å². The Morgan fingerprint density at radius 3 is 1.55 bits per heavy atom. The van der Waals surface area contributed by atoms with E-state index in [0.717, 1.165) is 24.2 Å². The van der Waals surface area contributed by atoms with Gasteiger partial charge in [0.1, 0.15) is 6.04 Å². The summed E-state index contributed by atoms with van der Waals surface area (Å²) in [6.07, 6.45) is 5.47. The highest BCUT2D eigenvalue weighted by atomic mass is 35.5. The lowest BCUT2D eigenvalue weighted by Gasteiger charge is -2.59. The van der Waals surface area contributed by atoms with Crippen LogP contribution >= 0.6 is 46.4 Å². The second kappa shape index (κ2) is 6.49. The molecule has 1 atom stereocenters. The molecule has 1 heterocycles. The third-order valence-corrected chi connectivity index (χ3v) is 9.09. The van der Waals surface area contributed by atoms with Crippen molar-refractivity contribution >= 4 is 64.2 Å². The molecule has 4 bridgehead atoms. The van der Waals surface area contributed by atoms with Gasteiger partial charge in [-0.15, -0.1) is 0 Å². The molecule has 9 heteroatoms. The third-order valence-electron chi connectivity index (χ3n) is 7.29. The van der Waals surface area contributed by atoms with Crippen molar-refractivity contribution in [2.24, 2.45) is 23.2 Å². The molecule has 4 fully saturated rings. The predicted octanol–water partition coefficient (Wildman–Crippen LogP) is 5.57. The fraction of sp³-hybridized carbons (Fsp3) is 0.550. The van der Waals surface area contributed by atoms with Crippen LogP contribution in [0.3, 0.4) is 0 Å². The van der Waals surface area contributed by atoms with Crippen molar-refractivity contribution < 1.29 is 19.5 Å². The van der Waals surface area contributed by atoms with Gasteiger partial charge in [-0.25, -0.2) is 4.79 Å². The van der Waals surface area contributed by atoms with E-state index in [-0.39, 0.29) is 31.2 Å². The maximum atomic E-state index is 13.3. The third kappa shape index (κ3) is 2.63. The first kappa shape index (κ1) is 19.9. The zero-order valence-electron chi connectivity index (χ0n) is 15.2.